The van der Waals surface area contributed by atoms with Crippen molar-refractivity contribution < 1.29 is 9.47 Å². The highest BCUT2D eigenvalue weighted by Crippen LogP contribution is 2.33. The van der Waals surface area contributed by atoms with Crippen molar-refractivity contribution in [3.63, 3.8) is 0 Å². The molecule has 1 aromatic heterocycles. The molecule has 0 fully saturated rings. The van der Waals surface area contributed by atoms with Gasteiger partial charge in [-0.3, -0.25) is 0 Å². The van der Waals surface area contributed by atoms with Gasteiger partial charge in [-0.05, 0) is 6.07 Å². The molecule has 0 saturated heterocycles. The van der Waals surface area contributed by atoms with E-state index in [1.54, 1.807) is 11.3 Å². The summed E-state index contributed by atoms with van der Waals surface area (Å²) >= 11 is 1.71. The van der Waals surface area contributed by atoms with Gasteiger partial charge in [0.25, 0.3) is 0 Å². The summed E-state index contributed by atoms with van der Waals surface area (Å²) in [5.74, 6) is 2.17. The van der Waals surface area contributed by atoms with Gasteiger partial charge in [-0.25, -0.2) is 4.98 Å². The number of hydrogen-bond donors (Lipinski definition) is 1. The van der Waals surface area contributed by atoms with Gasteiger partial charge < -0.3 is 14.8 Å². The highest BCUT2D eigenvalue weighted by atomic mass is 32.1. The largest absolute Gasteiger partial charge is 0.490 e. The number of ether oxygens (including phenoxy) is 2. The maximum atomic E-state index is 5.83. The SMILES string of the molecule is CC(CNCc1cccc2c1OCCCO2)c1nccs1. The lowest BCUT2D eigenvalue weighted by Crippen LogP contribution is -2.20. The van der Waals surface area contributed by atoms with Gasteiger partial charge in [0, 0.05) is 42.6 Å². The second kappa shape index (κ2) is 6.91. The van der Waals surface area contributed by atoms with Crippen LogP contribution in [0.1, 0.15) is 29.8 Å². The van der Waals surface area contributed by atoms with E-state index in [1.165, 1.54) is 5.01 Å². The molecule has 2 heterocycles. The van der Waals surface area contributed by atoms with Crippen LogP contribution in [0, 0.1) is 0 Å². The molecule has 1 atom stereocenters. The number of hydrogen-bond acceptors (Lipinski definition) is 5. The van der Waals surface area contributed by atoms with Crippen LogP contribution >= 0.6 is 11.3 Å². The van der Waals surface area contributed by atoms with E-state index < -0.39 is 0 Å². The third-order valence-electron chi connectivity index (χ3n) is 3.49. The first-order valence-corrected chi connectivity index (χ1v) is 8.20. The molecule has 1 aliphatic rings. The maximum absolute atomic E-state index is 5.83. The van der Waals surface area contributed by atoms with Crippen molar-refractivity contribution in [3.05, 3.63) is 40.3 Å². The van der Waals surface area contributed by atoms with Crippen molar-refractivity contribution in [1.82, 2.24) is 10.3 Å². The van der Waals surface area contributed by atoms with Crippen LogP contribution in [0.3, 0.4) is 0 Å². The van der Waals surface area contributed by atoms with E-state index >= 15 is 0 Å². The van der Waals surface area contributed by atoms with E-state index in [-0.39, 0.29) is 0 Å². The lowest BCUT2D eigenvalue weighted by atomic mass is 10.1. The number of fused-ring (bicyclic) bond motifs is 1. The molecule has 0 amide bonds. The predicted molar refractivity (Wildman–Crippen MR) is 84.3 cm³/mol. The number of thiazole rings is 1. The minimum absolute atomic E-state index is 0.421. The first kappa shape index (κ1) is 14.4. The lowest BCUT2D eigenvalue weighted by molar-refractivity contribution is 0.296. The maximum Gasteiger partial charge on any atom is 0.165 e. The Morgan fingerprint density at radius 2 is 2.24 bits per heavy atom. The Balaban J connectivity index is 1.60. The average molecular weight is 304 g/mol. The number of benzene rings is 1. The fourth-order valence-corrected chi connectivity index (χ4v) is 3.08. The summed E-state index contributed by atoms with van der Waals surface area (Å²) in [4.78, 5) is 4.36. The summed E-state index contributed by atoms with van der Waals surface area (Å²) in [6.45, 7) is 5.32. The van der Waals surface area contributed by atoms with Gasteiger partial charge in [0.2, 0.25) is 0 Å². The van der Waals surface area contributed by atoms with E-state index in [0.717, 1.165) is 49.8 Å². The van der Waals surface area contributed by atoms with Crippen molar-refractivity contribution >= 4 is 11.3 Å². The molecule has 3 rings (SSSR count). The fraction of sp³-hybridized carbons (Fsp3) is 0.438. The molecule has 21 heavy (non-hydrogen) atoms. The molecule has 4 nitrogen and oxygen atoms in total. The lowest BCUT2D eigenvalue weighted by Gasteiger charge is -2.14. The van der Waals surface area contributed by atoms with E-state index in [4.69, 9.17) is 9.47 Å². The Labute approximate surface area is 129 Å². The van der Waals surface area contributed by atoms with E-state index in [0.29, 0.717) is 5.92 Å². The highest BCUT2D eigenvalue weighted by molar-refractivity contribution is 7.09. The highest BCUT2D eigenvalue weighted by Gasteiger charge is 2.14. The minimum atomic E-state index is 0.421. The van der Waals surface area contributed by atoms with Crippen molar-refractivity contribution in [2.24, 2.45) is 0 Å². The summed E-state index contributed by atoms with van der Waals surface area (Å²) in [5.41, 5.74) is 1.15. The molecule has 0 aliphatic carbocycles. The van der Waals surface area contributed by atoms with Crippen LogP contribution in [-0.4, -0.2) is 24.7 Å². The van der Waals surface area contributed by atoms with Gasteiger partial charge in [0.15, 0.2) is 11.5 Å². The Morgan fingerprint density at radius 1 is 1.33 bits per heavy atom. The van der Waals surface area contributed by atoms with E-state index in [1.807, 2.05) is 23.7 Å². The molecule has 5 heteroatoms. The van der Waals surface area contributed by atoms with Crippen LogP contribution in [0.25, 0.3) is 0 Å². The summed E-state index contributed by atoms with van der Waals surface area (Å²) in [5, 5.41) is 6.69. The number of aromatic nitrogens is 1. The van der Waals surface area contributed by atoms with Gasteiger partial charge in [-0.1, -0.05) is 19.1 Å². The second-order valence-electron chi connectivity index (χ2n) is 5.20. The van der Waals surface area contributed by atoms with E-state index in [2.05, 4.69) is 23.3 Å². The van der Waals surface area contributed by atoms with E-state index in [9.17, 15) is 0 Å². The average Bonchev–Trinajstić information content (AvgIpc) is 2.93. The Bertz CT molecular complexity index is 572. The van der Waals surface area contributed by atoms with Crippen LogP contribution in [-0.2, 0) is 6.54 Å². The molecule has 0 saturated carbocycles. The predicted octanol–water partition coefficient (Wildman–Crippen LogP) is 3.20. The number of nitrogens with zero attached hydrogens (tertiary/aromatic N) is 1. The normalized spacial score (nSPS) is 15.5. The molecular formula is C16H20N2O2S. The molecule has 112 valence electrons. The van der Waals surface area contributed by atoms with Crippen LogP contribution < -0.4 is 14.8 Å². The van der Waals surface area contributed by atoms with Gasteiger partial charge >= 0.3 is 0 Å². The van der Waals surface area contributed by atoms with Gasteiger partial charge in [-0.2, -0.15) is 0 Å². The van der Waals surface area contributed by atoms with Gasteiger partial charge in [0.1, 0.15) is 0 Å². The van der Waals surface area contributed by atoms with Crippen molar-refractivity contribution in [2.75, 3.05) is 19.8 Å². The van der Waals surface area contributed by atoms with Crippen LogP contribution in [0.15, 0.2) is 29.8 Å². The molecule has 1 aromatic carbocycles. The third-order valence-corrected chi connectivity index (χ3v) is 4.50. The molecule has 1 N–H and O–H groups in total. The Hall–Kier alpha value is -1.59. The zero-order valence-electron chi connectivity index (χ0n) is 12.2. The van der Waals surface area contributed by atoms with Crippen LogP contribution in [0.4, 0.5) is 0 Å². The molecule has 0 spiro atoms. The molecular weight excluding hydrogens is 284 g/mol. The number of para-hydroxylation sites is 1. The van der Waals surface area contributed by atoms with Crippen LogP contribution in [0.2, 0.25) is 0 Å². The van der Waals surface area contributed by atoms with Crippen molar-refractivity contribution in [3.8, 4) is 11.5 Å². The van der Waals surface area contributed by atoms with Crippen molar-refractivity contribution in [2.45, 2.75) is 25.8 Å². The quantitative estimate of drug-likeness (QED) is 0.921. The number of nitrogens with one attached hydrogen (secondary N) is 1. The van der Waals surface area contributed by atoms with Crippen molar-refractivity contribution in [1.29, 1.82) is 0 Å². The first-order chi connectivity index (χ1) is 10.3. The Kier molecular flexibility index (Phi) is 4.72. The molecule has 0 bridgehead atoms. The summed E-state index contributed by atoms with van der Waals surface area (Å²) in [6.07, 6.45) is 2.79. The third kappa shape index (κ3) is 3.54. The zero-order valence-corrected chi connectivity index (χ0v) is 13.0. The Morgan fingerprint density at radius 3 is 3.10 bits per heavy atom. The minimum Gasteiger partial charge on any atom is -0.490 e. The summed E-state index contributed by atoms with van der Waals surface area (Å²) in [7, 11) is 0. The van der Waals surface area contributed by atoms with Gasteiger partial charge in [-0.15, -0.1) is 11.3 Å². The zero-order chi connectivity index (χ0) is 14.5. The second-order valence-corrected chi connectivity index (χ2v) is 6.12. The van der Waals surface area contributed by atoms with Gasteiger partial charge in [0.05, 0.1) is 18.2 Å². The first-order valence-electron chi connectivity index (χ1n) is 7.32. The smallest absolute Gasteiger partial charge is 0.165 e. The summed E-state index contributed by atoms with van der Waals surface area (Å²) in [6, 6.07) is 6.09. The summed E-state index contributed by atoms with van der Waals surface area (Å²) < 4.78 is 11.5. The fourth-order valence-electron chi connectivity index (χ4n) is 2.38. The molecule has 0 radical (unpaired) electrons. The molecule has 1 unspecified atom stereocenters. The van der Waals surface area contributed by atoms with Crippen LogP contribution in [0.5, 0.6) is 11.5 Å². The monoisotopic (exact) mass is 304 g/mol. The standard InChI is InChI=1S/C16H20N2O2S/c1-12(16-18-6-9-21-16)10-17-11-13-4-2-5-14-15(13)20-8-3-7-19-14/h2,4-6,9,12,17H,3,7-8,10-11H2,1H3. The molecule has 2 aromatic rings. The molecule has 1 aliphatic heterocycles. The number of rotatable bonds is 5. The topological polar surface area (TPSA) is 43.4 Å².